The van der Waals surface area contributed by atoms with Gasteiger partial charge in [0.2, 0.25) is 5.91 Å². The number of alkyl carbamates (subject to hydrolysis) is 1. The Labute approximate surface area is 89.6 Å². The fourth-order valence-electron chi connectivity index (χ4n) is 0.679. The molecule has 0 aromatic rings. The molecule has 5 heteroatoms. The summed E-state index contributed by atoms with van der Waals surface area (Å²) in [5.41, 5.74) is -0.570. The molecule has 0 saturated heterocycles. The molecule has 84 valence electrons. The average molecular weight is 212 g/mol. The van der Waals surface area contributed by atoms with E-state index in [1.165, 1.54) is 0 Å². The molecule has 0 spiro atoms. The fourth-order valence-corrected chi connectivity index (χ4v) is 0.679. The van der Waals surface area contributed by atoms with Crippen LogP contribution in [-0.2, 0) is 9.53 Å². The van der Waals surface area contributed by atoms with E-state index in [0.29, 0.717) is 0 Å². The summed E-state index contributed by atoms with van der Waals surface area (Å²) < 4.78 is 4.92. The molecule has 0 radical (unpaired) electrons. The van der Waals surface area contributed by atoms with Gasteiger partial charge in [0.05, 0.1) is 6.54 Å². The number of nitrogens with one attached hydrogen (secondary N) is 2. The minimum absolute atomic E-state index is 0.142. The number of hydrogen-bond donors (Lipinski definition) is 2. The van der Waals surface area contributed by atoms with Crippen LogP contribution in [0.5, 0.6) is 0 Å². The SMILES string of the molecule is C#CCNC(=O)CNC(=O)OC(C)(C)C. The van der Waals surface area contributed by atoms with Gasteiger partial charge in [-0.2, -0.15) is 0 Å². The van der Waals surface area contributed by atoms with E-state index in [0.717, 1.165) is 0 Å². The minimum atomic E-state index is -0.627. The highest BCUT2D eigenvalue weighted by molar-refractivity contribution is 5.82. The van der Waals surface area contributed by atoms with Crippen LogP contribution in [0.25, 0.3) is 0 Å². The Morgan fingerprint density at radius 3 is 2.40 bits per heavy atom. The first-order valence-corrected chi connectivity index (χ1v) is 4.52. The largest absolute Gasteiger partial charge is 0.444 e. The van der Waals surface area contributed by atoms with Crippen molar-refractivity contribution in [2.24, 2.45) is 0 Å². The van der Waals surface area contributed by atoms with E-state index in [2.05, 4.69) is 16.6 Å². The summed E-state index contributed by atoms with van der Waals surface area (Å²) in [6, 6.07) is 0. The number of carbonyl (C=O) groups is 2. The second-order valence-corrected chi connectivity index (χ2v) is 3.84. The second-order valence-electron chi connectivity index (χ2n) is 3.84. The molecule has 0 aromatic carbocycles. The zero-order valence-corrected chi connectivity index (χ0v) is 9.22. The van der Waals surface area contributed by atoms with E-state index >= 15 is 0 Å². The molecular formula is C10H16N2O3. The van der Waals surface area contributed by atoms with Gasteiger partial charge in [0.25, 0.3) is 0 Å². The lowest BCUT2D eigenvalue weighted by Crippen LogP contribution is -2.39. The molecule has 0 aliphatic carbocycles. The van der Waals surface area contributed by atoms with Gasteiger partial charge in [-0.05, 0) is 20.8 Å². The molecule has 2 amide bonds. The molecule has 0 fully saturated rings. The molecule has 0 aromatic heterocycles. The zero-order chi connectivity index (χ0) is 11.9. The van der Waals surface area contributed by atoms with Gasteiger partial charge in [-0.15, -0.1) is 6.42 Å². The minimum Gasteiger partial charge on any atom is -0.444 e. The van der Waals surface area contributed by atoms with Crippen LogP contribution in [0.2, 0.25) is 0 Å². The highest BCUT2D eigenvalue weighted by Gasteiger charge is 2.16. The van der Waals surface area contributed by atoms with E-state index in [4.69, 9.17) is 11.2 Å². The van der Waals surface area contributed by atoms with Crippen molar-refractivity contribution >= 4 is 12.0 Å². The van der Waals surface area contributed by atoms with Gasteiger partial charge in [0, 0.05) is 0 Å². The van der Waals surface area contributed by atoms with Crippen LogP contribution in [-0.4, -0.2) is 30.7 Å². The monoisotopic (exact) mass is 212 g/mol. The fraction of sp³-hybridized carbons (Fsp3) is 0.600. The number of hydrogen-bond acceptors (Lipinski definition) is 3. The van der Waals surface area contributed by atoms with Crippen LogP contribution in [0.15, 0.2) is 0 Å². The van der Waals surface area contributed by atoms with Gasteiger partial charge >= 0.3 is 6.09 Å². The van der Waals surface area contributed by atoms with Crippen LogP contribution < -0.4 is 10.6 Å². The van der Waals surface area contributed by atoms with E-state index < -0.39 is 11.7 Å². The Bertz CT molecular complexity index is 273. The van der Waals surface area contributed by atoms with Crippen molar-refractivity contribution in [3.63, 3.8) is 0 Å². The molecular weight excluding hydrogens is 196 g/mol. The summed E-state index contributed by atoms with van der Waals surface area (Å²) >= 11 is 0. The highest BCUT2D eigenvalue weighted by Crippen LogP contribution is 2.05. The number of amides is 2. The Morgan fingerprint density at radius 1 is 1.33 bits per heavy atom. The number of terminal acetylenes is 1. The smallest absolute Gasteiger partial charge is 0.408 e. The van der Waals surface area contributed by atoms with Crippen LogP contribution >= 0.6 is 0 Å². The van der Waals surface area contributed by atoms with Crippen molar-refractivity contribution in [2.75, 3.05) is 13.1 Å². The lowest BCUT2D eigenvalue weighted by molar-refractivity contribution is -0.120. The average Bonchev–Trinajstić information content (AvgIpc) is 2.08. The Hall–Kier alpha value is -1.70. The first kappa shape index (κ1) is 13.3. The molecule has 0 bridgehead atoms. The quantitative estimate of drug-likeness (QED) is 0.659. The maximum Gasteiger partial charge on any atom is 0.408 e. The van der Waals surface area contributed by atoms with Crippen molar-refractivity contribution < 1.29 is 14.3 Å². The van der Waals surface area contributed by atoms with Crippen LogP contribution in [0, 0.1) is 12.3 Å². The molecule has 15 heavy (non-hydrogen) atoms. The van der Waals surface area contributed by atoms with Crippen molar-refractivity contribution in [2.45, 2.75) is 26.4 Å². The third-order valence-corrected chi connectivity index (χ3v) is 1.18. The van der Waals surface area contributed by atoms with Crippen molar-refractivity contribution in [1.29, 1.82) is 0 Å². The predicted molar refractivity (Wildman–Crippen MR) is 56.1 cm³/mol. The predicted octanol–water partition coefficient (Wildman–Crippen LogP) is 0.260. The molecule has 0 atom stereocenters. The Morgan fingerprint density at radius 2 is 1.93 bits per heavy atom. The molecule has 0 aliphatic heterocycles. The molecule has 0 saturated carbocycles. The Kier molecular flexibility index (Phi) is 5.24. The summed E-state index contributed by atoms with van der Waals surface area (Å²) in [6.45, 7) is 5.23. The summed E-state index contributed by atoms with van der Waals surface area (Å²) in [7, 11) is 0. The number of carbonyl (C=O) groups excluding carboxylic acids is 2. The summed E-state index contributed by atoms with van der Waals surface area (Å²) in [4.78, 5) is 22.1. The van der Waals surface area contributed by atoms with Crippen molar-refractivity contribution in [1.82, 2.24) is 10.6 Å². The third kappa shape index (κ3) is 8.63. The summed E-state index contributed by atoms with van der Waals surface area (Å²) in [5.74, 6) is 1.90. The van der Waals surface area contributed by atoms with Gasteiger partial charge in [0.1, 0.15) is 12.1 Å². The van der Waals surface area contributed by atoms with Crippen LogP contribution in [0.3, 0.4) is 0 Å². The maximum atomic E-state index is 11.1. The van der Waals surface area contributed by atoms with Gasteiger partial charge < -0.3 is 15.4 Å². The summed E-state index contributed by atoms with van der Waals surface area (Å²) in [5, 5.41) is 4.71. The molecule has 2 N–H and O–H groups in total. The second kappa shape index (κ2) is 5.91. The topological polar surface area (TPSA) is 67.4 Å². The van der Waals surface area contributed by atoms with Crippen molar-refractivity contribution in [3.05, 3.63) is 0 Å². The summed E-state index contributed by atoms with van der Waals surface area (Å²) in [6.07, 6.45) is 4.31. The van der Waals surface area contributed by atoms with Gasteiger partial charge in [-0.1, -0.05) is 5.92 Å². The van der Waals surface area contributed by atoms with Crippen LogP contribution in [0.1, 0.15) is 20.8 Å². The van der Waals surface area contributed by atoms with Gasteiger partial charge in [-0.3, -0.25) is 4.79 Å². The Balaban J connectivity index is 3.73. The van der Waals surface area contributed by atoms with E-state index in [-0.39, 0.29) is 19.0 Å². The zero-order valence-electron chi connectivity index (χ0n) is 9.22. The van der Waals surface area contributed by atoms with Gasteiger partial charge in [0.15, 0.2) is 0 Å². The lowest BCUT2D eigenvalue weighted by Gasteiger charge is -2.19. The molecule has 0 unspecified atom stereocenters. The molecule has 0 heterocycles. The standard InChI is InChI=1S/C10H16N2O3/c1-5-6-11-8(13)7-12-9(14)15-10(2,3)4/h1H,6-7H2,2-4H3,(H,11,13)(H,12,14). The van der Waals surface area contributed by atoms with Crippen molar-refractivity contribution in [3.8, 4) is 12.3 Å². The van der Waals surface area contributed by atoms with E-state index in [1.54, 1.807) is 20.8 Å². The van der Waals surface area contributed by atoms with E-state index in [9.17, 15) is 9.59 Å². The van der Waals surface area contributed by atoms with E-state index in [1.807, 2.05) is 0 Å². The molecule has 0 aliphatic rings. The maximum absolute atomic E-state index is 11.1. The lowest BCUT2D eigenvalue weighted by atomic mass is 10.2. The molecule has 5 nitrogen and oxygen atoms in total. The first-order valence-electron chi connectivity index (χ1n) is 4.52. The first-order chi connectivity index (χ1) is 6.85. The number of ether oxygens (including phenoxy) is 1. The van der Waals surface area contributed by atoms with Gasteiger partial charge in [-0.25, -0.2) is 4.79 Å². The third-order valence-electron chi connectivity index (χ3n) is 1.18. The molecule has 0 rings (SSSR count). The normalized spacial score (nSPS) is 10.0. The number of rotatable bonds is 3. The highest BCUT2D eigenvalue weighted by atomic mass is 16.6. The van der Waals surface area contributed by atoms with Crippen LogP contribution in [0.4, 0.5) is 4.79 Å².